The Hall–Kier alpha value is -2.17. The van der Waals surface area contributed by atoms with Gasteiger partial charge in [-0.05, 0) is 49.7 Å². The van der Waals surface area contributed by atoms with Crippen LogP contribution >= 0.6 is 0 Å². The number of hydrogen-bond acceptors (Lipinski definition) is 5. The van der Waals surface area contributed by atoms with Crippen molar-refractivity contribution < 1.29 is 18.9 Å². The van der Waals surface area contributed by atoms with E-state index in [4.69, 9.17) is 9.68 Å². The summed E-state index contributed by atoms with van der Waals surface area (Å²) in [6.45, 7) is 1.78. The predicted octanol–water partition coefficient (Wildman–Crippen LogP) is 3.84. The molecule has 3 fully saturated rings. The monoisotopic (exact) mass is 387 g/mol. The molecule has 28 heavy (non-hydrogen) atoms. The number of halogens is 1. The van der Waals surface area contributed by atoms with Crippen LogP contribution in [0.4, 0.5) is 4.39 Å². The van der Waals surface area contributed by atoms with Crippen LogP contribution in [0.5, 0.6) is 5.75 Å². The maximum Gasteiger partial charge on any atom is 0.279 e. The van der Waals surface area contributed by atoms with Gasteiger partial charge in [-0.15, -0.1) is 0 Å². The molecule has 2 saturated carbocycles. The minimum absolute atomic E-state index is 0.0394. The Morgan fingerprint density at radius 1 is 1.25 bits per heavy atom. The fourth-order valence-electron chi connectivity index (χ4n) is 3.86. The predicted molar refractivity (Wildman–Crippen MR) is 99.7 cm³/mol. The summed E-state index contributed by atoms with van der Waals surface area (Å²) in [5.74, 6) is -0.499. The highest BCUT2D eigenvalue weighted by Crippen LogP contribution is 2.46. The number of amides is 1. The van der Waals surface area contributed by atoms with Crippen LogP contribution in [0.25, 0.3) is 0 Å². The van der Waals surface area contributed by atoms with E-state index in [0.717, 1.165) is 70.0 Å². The molecule has 150 valence electrons. The summed E-state index contributed by atoms with van der Waals surface area (Å²) in [5.41, 5.74) is 2.63. The molecule has 0 unspecified atom stereocenters. The smallest absolute Gasteiger partial charge is 0.279 e. The number of carbonyl (C=O) groups excluding carboxylic acids is 1. The summed E-state index contributed by atoms with van der Waals surface area (Å²) in [5, 5.41) is 11.2. The van der Waals surface area contributed by atoms with Crippen molar-refractivity contribution in [2.24, 2.45) is 5.41 Å². The van der Waals surface area contributed by atoms with E-state index < -0.39 is 17.1 Å². The molecular weight excluding hydrogens is 361 g/mol. The first-order valence-corrected chi connectivity index (χ1v) is 10.2. The van der Waals surface area contributed by atoms with Gasteiger partial charge < -0.3 is 4.74 Å². The molecule has 1 N–H and O–H groups in total. The van der Waals surface area contributed by atoms with E-state index in [0.29, 0.717) is 5.75 Å². The number of ether oxygens (including phenoxy) is 1. The van der Waals surface area contributed by atoms with Gasteiger partial charge in [-0.1, -0.05) is 19.3 Å². The molecular formula is C21H26FN3O3. The van der Waals surface area contributed by atoms with E-state index in [9.17, 15) is 14.4 Å². The first-order valence-electron chi connectivity index (χ1n) is 10.2. The van der Waals surface area contributed by atoms with Gasteiger partial charge in [0.05, 0.1) is 17.0 Å². The summed E-state index contributed by atoms with van der Waals surface area (Å²) >= 11 is 0. The van der Waals surface area contributed by atoms with Gasteiger partial charge in [0.25, 0.3) is 5.91 Å². The number of hydroxylamine groups is 3. The molecule has 0 radical (unpaired) electrons. The molecule has 0 spiro atoms. The zero-order valence-corrected chi connectivity index (χ0v) is 16.0. The van der Waals surface area contributed by atoms with Crippen molar-refractivity contribution in [2.45, 2.75) is 57.3 Å². The summed E-state index contributed by atoms with van der Waals surface area (Å²) in [4.78, 5) is 17.5. The fraction of sp³-hybridized carbons (Fsp3) is 0.619. The second kappa shape index (κ2) is 8.06. The topological polar surface area (TPSA) is 74.6 Å². The molecule has 1 aliphatic heterocycles. The molecule has 0 bridgehead atoms. The van der Waals surface area contributed by atoms with Gasteiger partial charge in [0.15, 0.2) is 0 Å². The third-order valence-electron chi connectivity index (χ3n) is 6.00. The second-order valence-electron chi connectivity index (χ2n) is 8.19. The van der Waals surface area contributed by atoms with E-state index in [2.05, 4.69) is 11.5 Å². The lowest BCUT2D eigenvalue weighted by Crippen LogP contribution is -2.43. The Bertz CT molecular complexity index is 778. The zero-order valence-electron chi connectivity index (χ0n) is 16.0. The van der Waals surface area contributed by atoms with Crippen LogP contribution in [0.1, 0.15) is 73.2 Å². The molecule has 1 heterocycles. The van der Waals surface area contributed by atoms with Crippen LogP contribution < -0.4 is 10.2 Å². The number of nitriles is 1. The van der Waals surface area contributed by atoms with Gasteiger partial charge in [0, 0.05) is 19.2 Å². The number of rotatable bonds is 7. The third-order valence-corrected chi connectivity index (χ3v) is 6.00. The molecule has 1 saturated heterocycles. The van der Waals surface area contributed by atoms with E-state index in [1.165, 1.54) is 6.07 Å². The Kier molecular flexibility index (Phi) is 5.51. The molecule has 1 amide bonds. The molecule has 4 rings (SSSR count). The van der Waals surface area contributed by atoms with Crippen LogP contribution in [0, 0.1) is 22.6 Å². The fourth-order valence-corrected chi connectivity index (χ4v) is 3.86. The first-order chi connectivity index (χ1) is 13.6. The van der Waals surface area contributed by atoms with E-state index >= 15 is 0 Å². The lowest BCUT2D eigenvalue weighted by molar-refractivity contribution is -0.229. The number of benzene rings is 1. The lowest BCUT2D eigenvalue weighted by atomic mass is 9.76. The normalized spacial score (nSPS) is 21.4. The maximum atomic E-state index is 14.7. The first kappa shape index (κ1) is 19.2. The highest BCUT2D eigenvalue weighted by Gasteiger charge is 2.35. The summed E-state index contributed by atoms with van der Waals surface area (Å²) < 4.78 is 20.6. The Morgan fingerprint density at radius 3 is 2.61 bits per heavy atom. The molecule has 6 nitrogen and oxygen atoms in total. The quantitative estimate of drug-likeness (QED) is 0.720. The van der Waals surface area contributed by atoms with Crippen LogP contribution in [0.3, 0.4) is 0 Å². The van der Waals surface area contributed by atoms with Crippen molar-refractivity contribution in [3.05, 3.63) is 29.1 Å². The minimum atomic E-state index is -0.640. The Morgan fingerprint density at radius 2 is 2.00 bits per heavy atom. The third kappa shape index (κ3) is 4.13. The Labute approximate surface area is 164 Å². The van der Waals surface area contributed by atoms with Crippen LogP contribution in [-0.2, 0) is 4.94 Å². The van der Waals surface area contributed by atoms with Crippen LogP contribution in [0.15, 0.2) is 12.1 Å². The van der Waals surface area contributed by atoms with Gasteiger partial charge in [-0.2, -0.15) is 15.3 Å². The lowest BCUT2D eigenvalue weighted by Gasteiger charge is -2.30. The second-order valence-corrected chi connectivity index (χ2v) is 8.19. The zero-order chi connectivity index (χ0) is 19.6. The van der Waals surface area contributed by atoms with Gasteiger partial charge in [0.1, 0.15) is 18.2 Å². The molecule has 3 aliphatic rings. The number of nitrogens with zero attached hydrogens (tertiary/aromatic N) is 2. The van der Waals surface area contributed by atoms with Crippen molar-refractivity contribution in [3.8, 4) is 11.8 Å². The van der Waals surface area contributed by atoms with Crippen molar-refractivity contribution >= 4 is 5.91 Å². The summed E-state index contributed by atoms with van der Waals surface area (Å²) in [7, 11) is 0. The average molecular weight is 387 g/mol. The number of carbonyl (C=O) groups is 1. The SMILES string of the molecule is N#CC1(COc2cc(F)c(C(=O)NON3CCC3)cc2C2CC2)CCCCC1. The Balaban J connectivity index is 1.48. The molecule has 7 heteroatoms. The van der Waals surface area contributed by atoms with Crippen LogP contribution in [-0.4, -0.2) is 30.7 Å². The van der Waals surface area contributed by atoms with E-state index in [-0.39, 0.29) is 18.1 Å². The number of nitrogens with one attached hydrogen (secondary N) is 1. The van der Waals surface area contributed by atoms with Crippen molar-refractivity contribution in [1.29, 1.82) is 5.26 Å². The number of hydrogen-bond donors (Lipinski definition) is 1. The van der Waals surface area contributed by atoms with E-state index in [1.54, 1.807) is 11.1 Å². The standard InChI is InChI=1S/C21H26FN3O3/c22-18-12-19(27-14-21(13-23)7-2-1-3-8-21)16(15-5-6-15)11-17(18)20(26)24-28-25-9-4-10-25/h11-12,15H,1-10,14H2,(H,24,26). The van der Waals surface area contributed by atoms with Crippen molar-refractivity contribution in [1.82, 2.24) is 10.5 Å². The maximum absolute atomic E-state index is 14.7. The van der Waals surface area contributed by atoms with Gasteiger partial charge in [-0.25, -0.2) is 9.87 Å². The van der Waals surface area contributed by atoms with Crippen LogP contribution in [0.2, 0.25) is 0 Å². The highest BCUT2D eigenvalue weighted by atomic mass is 19.1. The molecule has 1 aromatic carbocycles. The molecule has 0 aromatic heterocycles. The largest absolute Gasteiger partial charge is 0.492 e. The molecule has 2 aliphatic carbocycles. The van der Waals surface area contributed by atoms with Gasteiger partial charge in [-0.3, -0.25) is 4.79 Å². The summed E-state index contributed by atoms with van der Waals surface area (Å²) in [6.07, 6.45) is 7.85. The molecule has 1 aromatic rings. The van der Waals surface area contributed by atoms with Gasteiger partial charge >= 0.3 is 0 Å². The van der Waals surface area contributed by atoms with Crippen molar-refractivity contribution in [2.75, 3.05) is 19.7 Å². The van der Waals surface area contributed by atoms with E-state index in [1.807, 2.05) is 0 Å². The average Bonchev–Trinajstić information content (AvgIpc) is 3.51. The summed E-state index contributed by atoms with van der Waals surface area (Å²) in [6, 6.07) is 5.30. The molecule has 0 atom stereocenters. The van der Waals surface area contributed by atoms with Crippen molar-refractivity contribution in [3.63, 3.8) is 0 Å². The van der Waals surface area contributed by atoms with Gasteiger partial charge in [0.2, 0.25) is 0 Å². The minimum Gasteiger partial charge on any atom is -0.492 e. The highest BCUT2D eigenvalue weighted by molar-refractivity contribution is 5.94.